The smallest absolute Gasteiger partial charge is 0.234 e. The Morgan fingerprint density at radius 1 is 1.50 bits per heavy atom. The summed E-state index contributed by atoms with van der Waals surface area (Å²) in [7, 11) is 1.61. The molecule has 0 unspecified atom stereocenters. The molecule has 0 fully saturated rings. The minimum Gasteiger partial charge on any atom is -0.494 e. The first kappa shape index (κ1) is 8.96. The molecule has 5 nitrogen and oxygen atoms in total. The highest BCUT2D eigenvalue weighted by Gasteiger charge is 2.02. The summed E-state index contributed by atoms with van der Waals surface area (Å²) in [6, 6.07) is 0. The van der Waals surface area contributed by atoms with Crippen molar-refractivity contribution in [3.05, 3.63) is 24.3 Å². The Bertz CT molecular complexity index is 437. The number of fused-ring (bicyclic) bond motifs is 1. The van der Waals surface area contributed by atoms with Gasteiger partial charge in [0.2, 0.25) is 5.78 Å². The minimum absolute atomic E-state index is 0.598. The van der Waals surface area contributed by atoms with E-state index < -0.39 is 0 Å². The molecular formula is C9H12N4O. The van der Waals surface area contributed by atoms with Crippen molar-refractivity contribution in [2.75, 3.05) is 13.7 Å². The maximum Gasteiger partial charge on any atom is 0.234 e. The summed E-state index contributed by atoms with van der Waals surface area (Å²) in [5.41, 5.74) is 6.40. The lowest BCUT2D eigenvalue weighted by Gasteiger charge is -1.97. The van der Waals surface area contributed by atoms with Crippen LogP contribution in [0.1, 0.15) is 5.69 Å². The van der Waals surface area contributed by atoms with Crippen LogP contribution < -0.4 is 10.5 Å². The Morgan fingerprint density at radius 2 is 2.36 bits per heavy atom. The van der Waals surface area contributed by atoms with Gasteiger partial charge in [-0.05, 0) is 6.54 Å². The number of imidazole rings is 1. The van der Waals surface area contributed by atoms with E-state index in [9.17, 15) is 0 Å². The normalized spacial score (nSPS) is 10.7. The molecule has 2 aromatic heterocycles. The molecule has 0 aliphatic carbocycles. The first-order valence-electron chi connectivity index (χ1n) is 4.41. The SMILES string of the molecule is COc1cnc2nc(CCN)cn2c1. The van der Waals surface area contributed by atoms with Gasteiger partial charge in [-0.3, -0.25) is 4.40 Å². The summed E-state index contributed by atoms with van der Waals surface area (Å²) >= 11 is 0. The Balaban J connectivity index is 2.43. The minimum atomic E-state index is 0.598. The monoisotopic (exact) mass is 192 g/mol. The molecule has 2 heterocycles. The number of ether oxygens (including phenoxy) is 1. The van der Waals surface area contributed by atoms with Crippen LogP contribution in [0.4, 0.5) is 0 Å². The number of hydrogen-bond acceptors (Lipinski definition) is 4. The van der Waals surface area contributed by atoms with Crippen LogP contribution in [0.3, 0.4) is 0 Å². The summed E-state index contributed by atoms with van der Waals surface area (Å²) < 4.78 is 6.89. The molecule has 0 saturated carbocycles. The third-order valence-corrected chi connectivity index (χ3v) is 1.97. The lowest BCUT2D eigenvalue weighted by molar-refractivity contribution is 0.410. The van der Waals surface area contributed by atoms with Crippen molar-refractivity contribution in [3.63, 3.8) is 0 Å². The summed E-state index contributed by atoms with van der Waals surface area (Å²) in [6.45, 7) is 0.598. The van der Waals surface area contributed by atoms with Crippen molar-refractivity contribution in [1.82, 2.24) is 14.4 Å². The van der Waals surface area contributed by atoms with Crippen molar-refractivity contribution in [3.8, 4) is 5.75 Å². The zero-order valence-corrected chi connectivity index (χ0v) is 7.97. The Morgan fingerprint density at radius 3 is 3.07 bits per heavy atom. The second-order valence-electron chi connectivity index (χ2n) is 2.97. The standard InChI is InChI=1S/C9H12N4O/c1-14-8-4-11-9-12-7(2-3-10)5-13(9)6-8/h4-6H,2-3,10H2,1H3. The molecule has 0 amide bonds. The van der Waals surface area contributed by atoms with Gasteiger partial charge < -0.3 is 10.5 Å². The van der Waals surface area contributed by atoms with Gasteiger partial charge in [-0.2, -0.15) is 0 Å². The molecule has 2 N–H and O–H groups in total. The average molecular weight is 192 g/mol. The van der Waals surface area contributed by atoms with Crippen molar-refractivity contribution in [2.24, 2.45) is 5.73 Å². The third kappa shape index (κ3) is 1.54. The average Bonchev–Trinajstić information content (AvgIpc) is 2.59. The van der Waals surface area contributed by atoms with E-state index in [-0.39, 0.29) is 0 Å². The number of nitrogens with two attached hydrogens (primary N) is 1. The van der Waals surface area contributed by atoms with Crippen LogP contribution in [-0.4, -0.2) is 28.0 Å². The summed E-state index contributed by atoms with van der Waals surface area (Å²) in [5.74, 6) is 1.39. The molecule has 0 atom stereocenters. The highest BCUT2D eigenvalue weighted by Crippen LogP contribution is 2.10. The maximum absolute atomic E-state index is 5.44. The number of nitrogens with zero attached hydrogens (tertiary/aromatic N) is 3. The predicted octanol–water partition coefficient (Wildman–Crippen LogP) is 0.239. The first-order valence-corrected chi connectivity index (χ1v) is 4.41. The second kappa shape index (κ2) is 3.63. The van der Waals surface area contributed by atoms with E-state index in [1.165, 1.54) is 0 Å². The highest BCUT2D eigenvalue weighted by atomic mass is 16.5. The fraction of sp³-hybridized carbons (Fsp3) is 0.333. The molecule has 0 bridgehead atoms. The van der Waals surface area contributed by atoms with Crippen molar-refractivity contribution >= 4 is 5.78 Å². The van der Waals surface area contributed by atoms with E-state index in [2.05, 4.69) is 9.97 Å². The van der Waals surface area contributed by atoms with E-state index in [4.69, 9.17) is 10.5 Å². The zero-order valence-electron chi connectivity index (χ0n) is 7.97. The zero-order chi connectivity index (χ0) is 9.97. The molecule has 0 aliphatic heterocycles. The molecular weight excluding hydrogens is 180 g/mol. The van der Waals surface area contributed by atoms with Gasteiger partial charge in [0.05, 0.1) is 25.2 Å². The largest absolute Gasteiger partial charge is 0.494 e. The van der Waals surface area contributed by atoms with Gasteiger partial charge in [0.15, 0.2) is 5.75 Å². The van der Waals surface area contributed by atoms with E-state index in [1.807, 2.05) is 16.8 Å². The van der Waals surface area contributed by atoms with Crippen molar-refractivity contribution in [2.45, 2.75) is 6.42 Å². The summed E-state index contributed by atoms with van der Waals surface area (Å²) in [4.78, 5) is 8.44. The predicted molar refractivity (Wildman–Crippen MR) is 52.3 cm³/mol. The summed E-state index contributed by atoms with van der Waals surface area (Å²) in [6.07, 6.45) is 6.17. The van der Waals surface area contributed by atoms with Crippen LogP contribution in [0.25, 0.3) is 5.78 Å². The molecule has 0 radical (unpaired) electrons. The molecule has 2 aromatic rings. The van der Waals surface area contributed by atoms with E-state index in [1.54, 1.807) is 13.3 Å². The fourth-order valence-electron chi connectivity index (χ4n) is 1.29. The Hall–Kier alpha value is -1.62. The highest BCUT2D eigenvalue weighted by molar-refractivity contribution is 5.33. The molecule has 0 saturated heterocycles. The van der Waals surface area contributed by atoms with Gasteiger partial charge in [-0.25, -0.2) is 9.97 Å². The van der Waals surface area contributed by atoms with Crippen LogP contribution in [0.15, 0.2) is 18.6 Å². The maximum atomic E-state index is 5.44. The van der Waals surface area contributed by atoms with Crippen molar-refractivity contribution < 1.29 is 4.74 Å². The van der Waals surface area contributed by atoms with Gasteiger partial charge in [0, 0.05) is 12.6 Å². The van der Waals surface area contributed by atoms with Crippen LogP contribution in [0.2, 0.25) is 0 Å². The summed E-state index contributed by atoms with van der Waals surface area (Å²) in [5, 5.41) is 0. The molecule has 0 spiro atoms. The Kier molecular flexibility index (Phi) is 2.32. The molecule has 74 valence electrons. The first-order chi connectivity index (χ1) is 6.83. The number of rotatable bonds is 3. The van der Waals surface area contributed by atoms with Crippen LogP contribution in [0.5, 0.6) is 5.75 Å². The van der Waals surface area contributed by atoms with E-state index >= 15 is 0 Å². The third-order valence-electron chi connectivity index (χ3n) is 1.97. The van der Waals surface area contributed by atoms with Gasteiger partial charge in [0.1, 0.15) is 0 Å². The second-order valence-corrected chi connectivity index (χ2v) is 2.97. The van der Waals surface area contributed by atoms with Crippen LogP contribution in [-0.2, 0) is 6.42 Å². The van der Waals surface area contributed by atoms with Gasteiger partial charge in [0.25, 0.3) is 0 Å². The number of hydrogen-bond donors (Lipinski definition) is 1. The lowest BCUT2D eigenvalue weighted by atomic mass is 10.3. The number of aromatic nitrogens is 3. The quantitative estimate of drug-likeness (QED) is 0.756. The topological polar surface area (TPSA) is 65.4 Å². The van der Waals surface area contributed by atoms with Crippen molar-refractivity contribution in [1.29, 1.82) is 0 Å². The molecule has 5 heteroatoms. The van der Waals surface area contributed by atoms with Gasteiger partial charge in [-0.1, -0.05) is 0 Å². The molecule has 2 rings (SSSR count). The number of methoxy groups -OCH3 is 1. The lowest BCUT2D eigenvalue weighted by Crippen LogP contribution is -2.02. The molecule has 0 aromatic carbocycles. The van der Waals surface area contributed by atoms with E-state index in [0.717, 1.165) is 12.1 Å². The van der Waals surface area contributed by atoms with Gasteiger partial charge >= 0.3 is 0 Å². The fourth-order valence-corrected chi connectivity index (χ4v) is 1.29. The van der Waals surface area contributed by atoms with Crippen LogP contribution in [0, 0.1) is 0 Å². The Labute approximate surface area is 81.5 Å². The van der Waals surface area contributed by atoms with Crippen LogP contribution >= 0.6 is 0 Å². The molecule has 14 heavy (non-hydrogen) atoms. The van der Waals surface area contributed by atoms with Gasteiger partial charge in [-0.15, -0.1) is 0 Å². The molecule has 0 aliphatic rings. The van der Waals surface area contributed by atoms with E-state index in [0.29, 0.717) is 18.1 Å².